The van der Waals surface area contributed by atoms with Gasteiger partial charge in [0.2, 0.25) is 0 Å². The molecule has 0 atom stereocenters. The van der Waals surface area contributed by atoms with E-state index in [0.29, 0.717) is 5.56 Å². The van der Waals surface area contributed by atoms with Gasteiger partial charge in [-0.1, -0.05) is 12.1 Å². The Labute approximate surface area is 119 Å². The minimum Gasteiger partial charge on any atom is -0.382 e. The molecule has 0 radical (unpaired) electrons. The van der Waals surface area contributed by atoms with Crippen molar-refractivity contribution in [3.8, 4) is 0 Å². The Hall–Kier alpha value is -2.30. The zero-order chi connectivity index (χ0) is 14.7. The van der Waals surface area contributed by atoms with Crippen molar-refractivity contribution in [1.82, 2.24) is 9.78 Å². The molecule has 20 heavy (non-hydrogen) atoms. The third-order valence-corrected chi connectivity index (χ3v) is 2.88. The predicted octanol–water partition coefficient (Wildman–Crippen LogP) is 2.80. The molecule has 1 aromatic heterocycles. The van der Waals surface area contributed by atoms with Gasteiger partial charge in [-0.05, 0) is 32.9 Å². The SMILES string of the molecule is Cc1nn(C)cc1NC(=O)c1ccccc1NC(C)C. The van der Waals surface area contributed by atoms with Crippen LogP contribution in [0.4, 0.5) is 11.4 Å². The highest BCUT2D eigenvalue weighted by Gasteiger charge is 2.13. The second kappa shape index (κ2) is 5.77. The van der Waals surface area contributed by atoms with Gasteiger partial charge in [0, 0.05) is 25.0 Å². The topological polar surface area (TPSA) is 59.0 Å². The summed E-state index contributed by atoms with van der Waals surface area (Å²) in [7, 11) is 1.83. The van der Waals surface area contributed by atoms with Gasteiger partial charge >= 0.3 is 0 Å². The van der Waals surface area contributed by atoms with Gasteiger partial charge in [0.15, 0.2) is 0 Å². The zero-order valence-electron chi connectivity index (χ0n) is 12.3. The van der Waals surface area contributed by atoms with Crippen molar-refractivity contribution in [2.45, 2.75) is 26.8 Å². The molecule has 0 aliphatic heterocycles. The normalized spacial score (nSPS) is 10.7. The van der Waals surface area contributed by atoms with Gasteiger partial charge < -0.3 is 10.6 Å². The molecule has 5 heteroatoms. The second-order valence-corrected chi connectivity index (χ2v) is 5.10. The molecule has 0 spiro atoms. The van der Waals surface area contributed by atoms with E-state index in [0.717, 1.165) is 17.1 Å². The number of amides is 1. The molecule has 0 saturated carbocycles. The number of nitrogens with one attached hydrogen (secondary N) is 2. The van der Waals surface area contributed by atoms with Crippen molar-refractivity contribution in [2.24, 2.45) is 7.05 Å². The number of aromatic nitrogens is 2. The fraction of sp³-hybridized carbons (Fsp3) is 0.333. The van der Waals surface area contributed by atoms with Crippen LogP contribution in [-0.2, 0) is 7.05 Å². The number of benzene rings is 1. The van der Waals surface area contributed by atoms with Crippen molar-refractivity contribution in [1.29, 1.82) is 0 Å². The van der Waals surface area contributed by atoms with Crippen LogP contribution < -0.4 is 10.6 Å². The van der Waals surface area contributed by atoms with Gasteiger partial charge in [-0.3, -0.25) is 9.48 Å². The number of anilines is 2. The molecule has 0 aliphatic rings. The minimum absolute atomic E-state index is 0.134. The molecular weight excluding hydrogens is 252 g/mol. The van der Waals surface area contributed by atoms with E-state index in [4.69, 9.17) is 0 Å². The lowest BCUT2D eigenvalue weighted by atomic mass is 10.1. The number of carbonyl (C=O) groups is 1. The Morgan fingerprint density at radius 1 is 1.25 bits per heavy atom. The van der Waals surface area contributed by atoms with E-state index in [9.17, 15) is 4.79 Å². The van der Waals surface area contributed by atoms with Crippen LogP contribution >= 0.6 is 0 Å². The average Bonchev–Trinajstić information content (AvgIpc) is 2.67. The predicted molar refractivity (Wildman–Crippen MR) is 81.1 cm³/mol. The molecule has 2 rings (SSSR count). The smallest absolute Gasteiger partial charge is 0.257 e. The van der Waals surface area contributed by atoms with E-state index in [-0.39, 0.29) is 11.9 Å². The third kappa shape index (κ3) is 3.17. The van der Waals surface area contributed by atoms with Crippen LogP contribution in [-0.4, -0.2) is 21.7 Å². The number of hydrogen-bond donors (Lipinski definition) is 2. The summed E-state index contributed by atoms with van der Waals surface area (Å²) in [4.78, 5) is 12.4. The van der Waals surface area contributed by atoms with Gasteiger partial charge in [-0.15, -0.1) is 0 Å². The van der Waals surface area contributed by atoms with Gasteiger partial charge in [0.1, 0.15) is 0 Å². The maximum atomic E-state index is 12.4. The first-order valence-corrected chi connectivity index (χ1v) is 6.64. The Morgan fingerprint density at radius 2 is 1.95 bits per heavy atom. The molecule has 2 N–H and O–H groups in total. The number of nitrogens with zero attached hydrogens (tertiary/aromatic N) is 2. The van der Waals surface area contributed by atoms with Crippen LogP contribution in [0.25, 0.3) is 0 Å². The van der Waals surface area contributed by atoms with Crippen molar-refractivity contribution in [3.63, 3.8) is 0 Å². The molecule has 5 nitrogen and oxygen atoms in total. The summed E-state index contributed by atoms with van der Waals surface area (Å²) in [6.45, 7) is 5.95. The molecule has 0 aliphatic carbocycles. The summed E-state index contributed by atoms with van der Waals surface area (Å²) in [6, 6.07) is 7.76. The van der Waals surface area contributed by atoms with Crippen LogP contribution in [0.15, 0.2) is 30.5 Å². The highest BCUT2D eigenvalue weighted by Crippen LogP contribution is 2.19. The van der Waals surface area contributed by atoms with Crippen LogP contribution in [0.5, 0.6) is 0 Å². The summed E-state index contributed by atoms with van der Waals surface area (Å²) in [5, 5.41) is 10.4. The lowest BCUT2D eigenvalue weighted by molar-refractivity contribution is 0.102. The highest BCUT2D eigenvalue weighted by molar-refractivity contribution is 6.08. The van der Waals surface area contributed by atoms with Gasteiger partial charge in [-0.25, -0.2) is 0 Å². The molecule has 2 aromatic rings. The van der Waals surface area contributed by atoms with E-state index in [1.54, 1.807) is 10.9 Å². The Balaban J connectivity index is 2.23. The lowest BCUT2D eigenvalue weighted by Crippen LogP contribution is -2.17. The molecular formula is C15H20N4O. The van der Waals surface area contributed by atoms with Crippen LogP contribution in [0.3, 0.4) is 0 Å². The largest absolute Gasteiger partial charge is 0.382 e. The third-order valence-electron chi connectivity index (χ3n) is 2.88. The van der Waals surface area contributed by atoms with E-state index in [1.165, 1.54) is 0 Å². The first-order chi connectivity index (χ1) is 9.47. The summed E-state index contributed by atoms with van der Waals surface area (Å²) < 4.78 is 1.68. The molecule has 0 bridgehead atoms. The van der Waals surface area contributed by atoms with Gasteiger partial charge in [0.25, 0.3) is 5.91 Å². The summed E-state index contributed by atoms with van der Waals surface area (Å²) in [5.41, 5.74) is 3.00. The van der Waals surface area contributed by atoms with Crippen molar-refractivity contribution in [3.05, 3.63) is 41.7 Å². The first-order valence-electron chi connectivity index (χ1n) is 6.64. The van der Waals surface area contributed by atoms with Crippen molar-refractivity contribution < 1.29 is 4.79 Å². The molecule has 0 saturated heterocycles. The number of carbonyl (C=O) groups excluding carboxylic acids is 1. The van der Waals surface area contributed by atoms with E-state index in [1.807, 2.05) is 52.1 Å². The molecule has 0 fully saturated rings. The van der Waals surface area contributed by atoms with Crippen molar-refractivity contribution in [2.75, 3.05) is 10.6 Å². The molecule has 1 aromatic carbocycles. The quantitative estimate of drug-likeness (QED) is 0.899. The number of para-hydroxylation sites is 1. The molecule has 0 unspecified atom stereocenters. The fourth-order valence-electron chi connectivity index (χ4n) is 2.03. The molecule has 1 amide bonds. The Bertz CT molecular complexity index is 616. The summed E-state index contributed by atoms with van der Waals surface area (Å²) in [6.07, 6.45) is 1.80. The number of rotatable bonds is 4. The average molecular weight is 272 g/mol. The van der Waals surface area contributed by atoms with Gasteiger partial charge in [0.05, 0.1) is 16.9 Å². The van der Waals surface area contributed by atoms with Crippen LogP contribution in [0.2, 0.25) is 0 Å². The maximum Gasteiger partial charge on any atom is 0.257 e. The van der Waals surface area contributed by atoms with E-state index < -0.39 is 0 Å². The van der Waals surface area contributed by atoms with Crippen LogP contribution in [0.1, 0.15) is 29.9 Å². The van der Waals surface area contributed by atoms with Gasteiger partial charge in [-0.2, -0.15) is 5.10 Å². The Morgan fingerprint density at radius 3 is 2.55 bits per heavy atom. The minimum atomic E-state index is -0.134. The fourth-order valence-corrected chi connectivity index (χ4v) is 2.03. The van der Waals surface area contributed by atoms with Crippen molar-refractivity contribution >= 4 is 17.3 Å². The molecule has 1 heterocycles. The maximum absolute atomic E-state index is 12.4. The summed E-state index contributed by atoms with van der Waals surface area (Å²) >= 11 is 0. The van der Waals surface area contributed by atoms with Crippen LogP contribution in [0, 0.1) is 6.92 Å². The molecule has 106 valence electrons. The monoisotopic (exact) mass is 272 g/mol. The van der Waals surface area contributed by atoms with E-state index >= 15 is 0 Å². The zero-order valence-corrected chi connectivity index (χ0v) is 12.3. The Kier molecular flexibility index (Phi) is 4.08. The van der Waals surface area contributed by atoms with E-state index in [2.05, 4.69) is 15.7 Å². The first kappa shape index (κ1) is 14.1. The lowest BCUT2D eigenvalue weighted by Gasteiger charge is -2.14. The standard InChI is InChI=1S/C15H20N4O/c1-10(2)16-13-8-6-5-7-12(13)15(20)17-14-9-19(4)18-11(14)3/h5-10,16H,1-4H3,(H,17,20). The highest BCUT2D eigenvalue weighted by atomic mass is 16.1. The number of hydrogen-bond acceptors (Lipinski definition) is 3. The number of aryl methyl sites for hydroxylation is 2. The summed E-state index contributed by atoms with van der Waals surface area (Å²) in [5.74, 6) is -0.134. The second-order valence-electron chi connectivity index (χ2n) is 5.10.